The molecule has 0 spiro atoms. The molecule has 6 nitrogen and oxygen atoms in total. The summed E-state index contributed by atoms with van der Waals surface area (Å²) in [5.41, 5.74) is 8.32. The van der Waals surface area contributed by atoms with Gasteiger partial charge in [-0.15, -0.1) is 0 Å². The van der Waals surface area contributed by atoms with Crippen molar-refractivity contribution in [3.05, 3.63) is 41.6 Å². The van der Waals surface area contributed by atoms with E-state index in [2.05, 4.69) is 20.6 Å². The first-order chi connectivity index (χ1) is 11.3. The van der Waals surface area contributed by atoms with Gasteiger partial charge in [0.1, 0.15) is 5.82 Å². The summed E-state index contributed by atoms with van der Waals surface area (Å²) in [6.45, 7) is 7.90. The second-order valence-electron chi connectivity index (χ2n) is 6.76. The van der Waals surface area contributed by atoms with Gasteiger partial charge in [-0.3, -0.25) is 4.79 Å². The zero-order chi connectivity index (χ0) is 17.7. The second kappa shape index (κ2) is 7.29. The zero-order valence-corrected chi connectivity index (χ0v) is 14.7. The summed E-state index contributed by atoms with van der Waals surface area (Å²) in [5.74, 6) is 0.921. The monoisotopic (exact) mass is 327 g/mol. The number of nitrogens with zero attached hydrogens (tertiary/aromatic N) is 2. The molecule has 4 N–H and O–H groups in total. The third kappa shape index (κ3) is 5.22. The van der Waals surface area contributed by atoms with Gasteiger partial charge in [0.2, 0.25) is 11.9 Å². The summed E-state index contributed by atoms with van der Waals surface area (Å²) in [4.78, 5) is 20.6. The van der Waals surface area contributed by atoms with Crippen molar-refractivity contribution in [3.63, 3.8) is 0 Å². The molecule has 1 amide bonds. The lowest BCUT2D eigenvalue weighted by molar-refractivity contribution is -0.121. The molecule has 0 bridgehead atoms. The first-order valence-corrected chi connectivity index (χ1v) is 8.05. The number of anilines is 3. The lowest BCUT2D eigenvalue weighted by Gasteiger charge is -2.20. The fraction of sp³-hybridized carbons (Fsp3) is 0.389. The molecule has 128 valence electrons. The van der Waals surface area contributed by atoms with Crippen LogP contribution in [0.2, 0.25) is 0 Å². The van der Waals surface area contributed by atoms with Crippen LogP contribution in [0, 0.1) is 0 Å². The second-order valence-corrected chi connectivity index (χ2v) is 6.76. The lowest BCUT2D eigenvalue weighted by atomic mass is 10.1. The van der Waals surface area contributed by atoms with E-state index in [0.717, 1.165) is 23.2 Å². The molecule has 0 atom stereocenters. The van der Waals surface area contributed by atoms with Crippen molar-refractivity contribution in [1.82, 2.24) is 15.3 Å². The first kappa shape index (κ1) is 17.7. The molecule has 0 radical (unpaired) electrons. The highest BCUT2D eigenvalue weighted by molar-refractivity contribution is 5.79. The minimum Gasteiger partial charge on any atom is -0.383 e. The highest BCUT2D eigenvalue weighted by Crippen LogP contribution is 2.17. The molecule has 1 heterocycles. The van der Waals surface area contributed by atoms with E-state index in [1.54, 1.807) is 6.20 Å². The molecule has 0 fully saturated rings. The fourth-order valence-electron chi connectivity index (χ4n) is 2.29. The van der Waals surface area contributed by atoms with Gasteiger partial charge in [-0.05, 0) is 44.9 Å². The number of carbonyl (C=O) groups is 1. The Morgan fingerprint density at radius 1 is 1.29 bits per heavy atom. The van der Waals surface area contributed by atoms with Gasteiger partial charge in [-0.2, -0.15) is 4.98 Å². The van der Waals surface area contributed by atoms with Crippen LogP contribution in [0.15, 0.2) is 30.5 Å². The van der Waals surface area contributed by atoms with E-state index in [1.165, 1.54) is 0 Å². The normalized spacial score (nSPS) is 11.2. The number of nitrogen functional groups attached to an aromatic ring is 1. The Kier molecular flexibility index (Phi) is 5.39. The van der Waals surface area contributed by atoms with Gasteiger partial charge in [0.25, 0.3) is 0 Å². The zero-order valence-electron chi connectivity index (χ0n) is 14.7. The van der Waals surface area contributed by atoms with Crippen molar-refractivity contribution < 1.29 is 4.79 Å². The maximum atomic E-state index is 12.0. The minimum absolute atomic E-state index is 0.00700. The Hall–Kier alpha value is -2.63. The van der Waals surface area contributed by atoms with Crippen molar-refractivity contribution >= 4 is 23.4 Å². The number of nitrogens with one attached hydrogen (secondary N) is 2. The third-order valence-corrected chi connectivity index (χ3v) is 3.34. The molecule has 0 aliphatic heterocycles. The number of aryl methyl sites for hydroxylation is 1. The number of hydrogen-bond acceptors (Lipinski definition) is 5. The minimum atomic E-state index is -0.237. The van der Waals surface area contributed by atoms with Crippen LogP contribution in [0.1, 0.15) is 38.8 Å². The molecule has 24 heavy (non-hydrogen) atoms. The maximum absolute atomic E-state index is 12.0. The molecule has 0 unspecified atom stereocenters. The van der Waals surface area contributed by atoms with Crippen molar-refractivity contribution in [2.24, 2.45) is 0 Å². The summed E-state index contributed by atoms with van der Waals surface area (Å²) >= 11 is 0. The SMILES string of the molecule is CCc1cnc(Nc2cccc(CC(=O)NC(C)(C)C)c2)nc1N. The molecular formula is C18H25N5O. The Morgan fingerprint density at radius 2 is 2.04 bits per heavy atom. The molecule has 2 aromatic rings. The largest absolute Gasteiger partial charge is 0.383 e. The van der Waals surface area contributed by atoms with Crippen LogP contribution in [0.3, 0.4) is 0 Å². The summed E-state index contributed by atoms with van der Waals surface area (Å²) < 4.78 is 0. The van der Waals surface area contributed by atoms with E-state index >= 15 is 0 Å². The summed E-state index contributed by atoms with van der Waals surface area (Å²) in [5, 5.41) is 6.08. The predicted molar refractivity (Wildman–Crippen MR) is 97.1 cm³/mol. The first-order valence-electron chi connectivity index (χ1n) is 8.05. The van der Waals surface area contributed by atoms with Gasteiger partial charge in [-0.1, -0.05) is 19.1 Å². The van der Waals surface area contributed by atoms with Gasteiger partial charge in [0.05, 0.1) is 6.42 Å². The Morgan fingerprint density at radius 3 is 2.67 bits per heavy atom. The molecule has 0 aliphatic rings. The van der Waals surface area contributed by atoms with Crippen LogP contribution in [0.5, 0.6) is 0 Å². The van der Waals surface area contributed by atoms with Crippen molar-refractivity contribution in [2.75, 3.05) is 11.1 Å². The van der Waals surface area contributed by atoms with Crippen LogP contribution in [-0.2, 0) is 17.6 Å². The highest BCUT2D eigenvalue weighted by atomic mass is 16.1. The Balaban J connectivity index is 2.07. The smallest absolute Gasteiger partial charge is 0.229 e. The Bertz CT molecular complexity index is 722. The highest BCUT2D eigenvalue weighted by Gasteiger charge is 2.14. The predicted octanol–water partition coefficient (Wildman–Crippen LogP) is 2.82. The summed E-state index contributed by atoms with van der Waals surface area (Å²) in [7, 11) is 0. The summed E-state index contributed by atoms with van der Waals surface area (Å²) in [6.07, 6.45) is 2.85. The van der Waals surface area contributed by atoms with E-state index < -0.39 is 0 Å². The molecule has 0 aliphatic carbocycles. The van der Waals surface area contributed by atoms with Crippen molar-refractivity contribution in [1.29, 1.82) is 0 Å². The fourth-order valence-corrected chi connectivity index (χ4v) is 2.29. The maximum Gasteiger partial charge on any atom is 0.229 e. The third-order valence-electron chi connectivity index (χ3n) is 3.34. The van der Waals surface area contributed by atoms with Gasteiger partial charge < -0.3 is 16.4 Å². The standard InChI is InChI=1S/C18H25N5O/c1-5-13-11-20-17(22-16(13)19)21-14-8-6-7-12(9-14)10-15(24)23-18(2,3)4/h6-9,11H,5,10H2,1-4H3,(H,23,24)(H3,19,20,21,22). The molecule has 2 rings (SSSR count). The molecular weight excluding hydrogens is 302 g/mol. The average Bonchev–Trinajstić information content (AvgIpc) is 2.45. The van der Waals surface area contributed by atoms with E-state index in [0.29, 0.717) is 18.2 Å². The number of hydrogen-bond donors (Lipinski definition) is 3. The number of amides is 1. The van der Waals surface area contributed by atoms with E-state index in [9.17, 15) is 4.79 Å². The number of benzene rings is 1. The van der Waals surface area contributed by atoms with Crippen LogP contribution in [0.4, 0.5) is 17.5 Å². The molecule has 6 heteroatoms. The number of aromatic nitrogens is 2. The number of rotatable bonds is 5. The van der Waals surface area contributed by atoms with Crippen LogP contribution >= 0.6 is 0 Å². The Labute approximate surface area is 142 Å². The van der Waals surface area contributed by atoms with Crippen molar-refractivity contribution in [3.8, 4) is 0 Å². The van der Waals surface area contributed by atoms with E-state index in [-0.39, 0.29) is 11.4 Å². The molecule has 1 aromatic heterocycles. The van der Waals surface area contributed by atoms with Gasteiger partial charge in [0, 0.05) is 23.0 Å². The number of nitrogens with two attached hydrogens (primary N) is 1. The quantitative estimate of drug-likeness (QED) is 0.785. The molecule has 0 saturated heterocycles. The number of carbonyl (C=O) groups excluding carboxylic acids is 1. The van der Waals surface area contributed by atoms with Gasteiger partial charge in [-0.25, -0.2) is 4.98 Å². The average molecular weight is 327 g/mol. The molecule has 0 saturated carbocycles. The lowest BCUT2D eigenvalue weighted by Crippen LogP contribution is -2.41. The summed E-state index contributed by atoms with van der Waals surface area (Å²) in [6, 6.07) is 7.63. The van der Waals surface area contributed by atoms with Crippen LogP contribution in [-0.4, -0.2) is 21.4 Å². The van der Waals surface area contributed by atoms with E-state index in [1.807, 2.05) is 52.0 Å². The van der Waals surface area contributed by atoms with Crippen LogP contribution in [0.25, 0.3) is 0 Å². The van der Waals surface area contributed by atoms with Crippen molar-refractivity contribution in [2.45, 2.75) is 46.1 Å². The van der Waals surface area contributed by atoms with E-state index in [4.69, 9.17) is 5.73 Å². The van der Waals surface area contributed by atoms with Gasteiger partial charge in [0.15, 0.2) is 0 Å². The van der Waals surface area contributed by atoms with Gasteiger partial charge >= 0.3 is 0 Å². The van der Waals surface area contributed by atoms with Crippen LogP contribution < -0.4 is 16.4 Å². The molecule has 1 aromatic carbocycles. The topological polar surface area (TPSA) is 92.9 Å².